The number of ether oxygens (including phenoxy) is 1. The van der Waals surface area contributed by atoms with Crippen molar-refractivity contribution in [3.05, 3.63) is 94.0 Å². The average Bonchev–Trinajstić information content (AvgIpc) is 2.74. The molecular formula is C22H17Cl2N3O3. The number of nitrogens with one attached hydrogen (secondary N) is 2. The van der Waals surface area contributed by atoms with Crippen LogP contribution in [0.4, 0.5) is 5.69 Å². The molecule has 6 nitrogen and oxygen atoms in total. The van der Waals surface area contributed by atoms with Crippen molar-refractivity contribution in [3.8, 4) is 5.75 Å². The van der Waals surface area contributed by atoms with Gasteiger partial charge >= 0.3 is 11.8 Å². The zero-order chi connectivity index (χ0) is 21.3. The third-order valence-electron chi connectivity index (χ3n) is 3.87. The Balaban J connectivity index is 1.46. The lowest BCUT2D eigenvalue weighted by atomic mass is 10.2. The molecule has 0 aliphatic heterocycles. The first kappa shape index (κ1) is 21.4. The Hall–Kier alpha value is -3.35. The van der Waals surface area contributed by atoms with Gasteiger partial charge in [-0.2, -0.15) is 5.10 Å². The Kier molecular flexibility index (Phi) is 7.43. The number of carbonyl (C=O) groups is 2. The van der Waals surface area contributed by atoms with Gasteiger partial charge in [0.15, 0.2) is 0 Å². The van der Waals surface area contributed by atoms with E-state index >= 15 is 0 Å². The predicted octanol–water partition coefficient (Wildman–Crippen LogP) is 4.66. The molecule has 0 heterocycles. The van der Waals surface area contributed by atoms with E-state index in [4.69, 9.17) is 27.9 Å². The molecule has 0 fully saturated rings. The van der Waals surface area contributed by atoms with Gasteiger partial charge < -0.3 is 10.1 Å². The Labute approximate surface area is 183 Å². The van der Waals surface area contributed by atoms with Crippen LogP contribution >= 0.6 is 23.2 Å². The number of nitrogens with zero attached hydrogens (tertiary/aromatic N) is 1. The van der Waals surface area contributed by atoms with Gasteiger partial charge in [0.2, 0.25) is 0 Å². The molecule has 3 rings (SSSR count). The predicted molar refractivity (Wildman–Crippen MR) is 118 cm³/mol. The van der Waals surface area contributed by atoms with E-state index in [1.807, 2.05) is 24.3 Å². The van der Waals surface area contributed by atoms with Gasteiger partial charge in [-0.05, 0) is 65.7 Å². The summed E-state index contributed by atoms with van der Waals surface area (Å²) in [6, 6.07) is 21.0. The summed E-state index contributed by atoms with van der Waals surface area (Å²) < 4.78 is 5.71. The zero-order valence-corrected chi connectivity index (χ0v) is 17.2. The first-order chi connectivity index (χ1) is 14.5. The maximum atomic E-state index is 11.9. The molecule has 152 valence electrons. The van der Waals surface area contributed by atoms with E-state index in [1.54, 1.807) is 42.5 Å². The molecule has 0 atom stereocenters. The van der Waals surface area contributed by atoms with Gasteiger partial charge in [-0.3, -0.25) is 9.59 Å². The quantitative estimate of drug-likeness (QED) is 0.331. The smallest absolute Gasteiger partial charge is 0.329 e. The van der Waals surface area contributed by atoms with Crippen LogP contribution in [0.2, 0.25) is 10.0 Å². The van der Waals surface area contributed by atoms with E-state index in [0.717, 1.165) is 11.1 Å². The molecule has 3 aromatic carbocycles. The minimum Gasteiger partial charge on any atom is -0.489 e. The number of hydrogen-bond donors (Lipinski definition) is 2. The molecule has 3 aromatic rings. The van der Waals surface area contributed by atoms with Crippen LogP contribution in [0.1, 0.15) is 11.1 Å². The van der Waals surface area contributed by atoms with Gasteiger partial charge in [0.1, 0.15) is 12.4 Å². The highest BCUT2D eigenvalue weighted by Gasteiger charge is 2.12. The molecule has 30 heavy (non-hydrogen) atoms. The van der Waals surface area contributed by atoms with Crippen LogP contribution in [0.15, 0.2) is 77.9 Å². The maximum absolute atomic E-state index is 11.9. The van der Waals surface area contributed by atoms with Crippen LogP contribution in [0.25, 0.3) is 0 Å². The van der Waals surface area contributed by atoms with Crippen molar-refractivity contribution >= 4 is 46.9 Å². The lowest BCUT2D eigenvalue weighted by Crippen LogP contribution is -2.32. The summed E-state index contributed by atoms with van der Waals surface area (Å²) in [5, 5.41) is 7.35. The summed E-state index contributed by atoms with van der Waals surface area (Å²) in [4.78, 5) is 23.7. The van der Waals surface area contributed by atoms with E-state index in [-0.39, 0.29) is 0 Å². The molecule has 0 saturated carbocycles. The molecule has 0 spiro atoms. The van der Waals surface area contributed by atoms with Crippen LogP contribution in [0.3, 0.4) is 0 Å². The number of rotatable bonds is 6. The molecular weight excluding hydrogens is 425 g/mol. The van der Waals surface area contributed by atoms with Gasteiger partial charge in [0.25, 0.3) is 0 Å². The van der Waals surface area contributed by atoms with Gasteiger partial charge in [-0.25, -0.2) is 5.43 Å². The normalized spacial score (nSPS) is 10.6. The van der Waals surface area contributed by atoms with E-state index in [0.29, 0.717) is 28.1 Å². The molecule has 0 radical (unpaired) electrons. The summed E-state index contributed by atoms with van der Waals surface area (Å²) in [7, 11) is 0. The van der Waals surface area contributed by atoms with Crippen molar-refractivity contribution in [2.45, 2.75) is 6.61 Å². The van der Waals surface area contributed by atoms with Crippen molar-refractivity contribution in [3.63, 3.8) is 0 Å². The molecule has 0 saturated heterocycles. The van der Waals surface area contributed by atoms with Gasteiger partial charge in [-0.1, -0.05) is 41.4 Å². The molecule has 0 aliphatic carbocycles. The van der Waals surface area contributed by atoms with Gasteiger partial charge in [-0.15, -0.1) is 0 Å². The summed E-state index contributed by atoms with van der Waals surface area (Å²) in [5.74, 6) is -1.05. The van der Waals surface area contributed by atoms with Crippen LogP contribution in [0.5, 0.6) is 5.75 Å². The standard InChI is InChI=1S/C22H17Cl2N3O3/c23-17-8-4-16(5-9-17)14-30-20-10-6-15(7-11-20)13-25-27-22(29)21(28)26-19-3-1-2-18(24)12-19/h1-13H,14H2,(H,26,28)(H,27,29)/b25-13+. The molecule has 2 amide bonds. The number of halogens is 2. The number of benzene rings is 3. The second-order valence-corrected chi connectivity index (χ2v) is 7.02. The molecule has 0 aromatic heterocycles. The topological polar surface area (TPSA) is 79.8 Å². The summed E-state index contributed by atoms with van der Waals surface area (Å²) >= 11 is 11.7. The van der Waals surface area contributed by atoms with Gasteiger partial charge in [0, 0.05) is 15.7 Å². The van der Waals surface area contributed by atoms with Crippen molar-refractivity contribution in [2.75, 3.05) is 5.32 Å². The van der Waals surface area contributed by atoms with E-state index in [9.17, 15) is 9.59 Å². The summed E-state index contributed by atoms with van der Waals surface area (Å²) in [6.45, 7) is 0.419. The Morgan fingerprint density at radius 1 is 0.900 bits per heavy atom. The maximum Gasteiger partial charge on any atom is 0.329 e. The van der Waals surface area contributed by atoms with E-state index in [1.165, 1.54) is 12.3 Å². The molecule has 0 aliphatic rings. The Bertz CT molecular complexity index is 1050. The van der Waals surface area contributed by atoms with Crippen LogP contribution in [0, 0.1) is 0 Å². The Morgan fingerprint density at radius 3 is 2.33 bits per heavy atom. The van der Waals surface area contributed by atoms with E-state index in [2.05, 4.69) is 15.8 Å². The highest BCUT2D eigenvalue weighted by atomic mass is 35.5. The molecule has 0 bridgehead atoms. The lowest BCUT2D eigenvalue weighted by Gasteiger charge is -2.06. The fourth-order valence-electron chi connectivity index (χ4n) is 2.37. The highest BCUT2D eigenvalue weighted by Crippen LogP contribution is 2.16. The van der Waals surface area contributed by atoms with Crippen LogP contribution < -0.4 is 15.5 Å². The SMILES string of the molecule is O=C(N/N=C/c1ccc(OCc2ccc(Cl)cc2)cc1)C(=O)Nc1cccc(Cl)c1. The summed E-state index contributed by atoms with van der Waals surface area (Å²) in [6.07, 6.45) is 1.42. The minimum absolute atomic E-state index is 0.417. The van der Waals surface area contributed by atoms with Crippen molar-refractivity contribution in [2.24, 2.45) is 5.10 Å². The third kappa shape index (κ3) is 6.62. The van der Waals surface area contributed by atoms with Crippen LogP contribution in [-0.2, 0) is 16.2 Å². The molecule has 2 N–H and O–H groups in total. The molecule has 0 unspecified atom stereocenters. The van der Waals surface area contributed by atoms with E-state index < -0.39 is 11.8 Å². The van der Waals surface area contributed by atoms with Crippen molar-refractivity contribution in [1.82, 2.24) is 5.43 Å². The molecule has 8 heteroatoms. The van der Waals surface area contributed by atoms with Crippen molar-refractivity contribution < 1.29 is 14.3 Å². The monoisotopic (exact) mass is 441 g/mol. The Morgan fingerprint density at radius 2 is 1.63 bits per heavy atom. The highest BCUT2D eigenvalue weighted by molar-refractivity contribution is 6.39. The fraction of sp³-hybridized carbons (Fsp3) is 0.0455. The van der Waals surface area contributed by atoms with Crippen molar-refractivity contribution in [1.29, 1.82) is 0 Å². The first-order valence-corrected chi connectivity index (χ1v) is 9.62. The number of hydrazone groups is 1. The number of hydrogen-bond acceptors (Lipinski definition) is 4. The first-order valence-electron chi connectivity index (χ1n) is 8.87. The van der Waals surface area contributed by atoms with Crippen LogP contribution in [-0.4, -0.2) is 18.0 Å². The third-order valence-corrected chi connectivity index (χ3v) is 4.35. The summed E-state index contributed by atoms with van der Waals surface area (Å²) in [5.41, 5.74) is 4.32. The second-order valence-electron chi connectivity index (χ2n) is 6.15. The fourth-order valence-corrected chi connectivity index (χ4v) is 2.68. The minimum atomic E-state index is -0.894. The number of carbonyl (C=O) groups excluding carboxylic acids is 2. The van der Waals surface area contributed by atoms with Gasteiger partial charge in [0.05, 0.1) is 6.21 Å². The zero-order valence-electron chi connectivity index (χ0n) is 15.6. The lowest BCUT2D eigenvalue weighted by molar-refractivity contribution is -0.136. The largest absolute Gasteiger partial charge is 0.489 e. The number of anilines is 1. The average molecular weight is 442 g/mol. The number of amides is 2. The second kappa shape index (κ2) is 10.4.